The molecule has 12 heteroatoms. The fraction of sp³-hybridized carbons (Fsp3) is 0.281. The maximum Gasteiger partial charge on any atom is 0.437 e. The van der Waals surface area contributed by atoms with Crippen LogP contribution in [-0.2, 0) is 16.5 Å². The summed E-state index contributed by atoms with van der Waals surface area (Å²) in [6.07, 6.45) is 8.96. The van der Waals surface area contributed by atoms with Crippen molar-refractivity contribution >= 4 is 34.1 Å². The van der Waals surface area contributed by atoms with Crippen LogP contribution < -0.4 is 0 Å². The maximum atomic E-state index is 13.9. The van der Waals surface area contributed by atoms with Crippen molar-refractivity contribution in [3.05, 3.63) is 67.5 Å². The summed E-state index contributed by atoms with van der Waals surface area (Å²) in [5.41, 5.74) is 2.99. The summed E-state index contributed by atoms with van der Waals surface area (Å²) in [6.45, 7) is 10.7. The molecule has 6 rings (SSSR count). The summed E-state index contributed by atoms with van der Waals surface area (Å²) >= 11 is 0. The minimum Gasteiger partial charge on any atom is -0.443 e. The van der Waals surface area contributed by atoms with Crippen molar-refractivity contribution in [1.29, 1.82) is 0 Å². The second-order valence-electron chi connectivity index (χ2n) is 12.4. The first-order valence-electron chi connectivity index (χ1n) is 14.0. The van der Waals surface area contributed by atoms with Gasteiger partial charge in [0, 0.05) is 65.5 Å². The van der Waals surface area contributed by atoms with E-state index in [2.05, 4.69) is 20.1 Å². The molecule has 44 heavy (non-hydrogen) atoms. The Morgan fingerprint density at radius 2 is 1.52 bits per heavy atom. The molecule has 6 aromatic rings. The Balaban J connectivity index is 1.66. The van der Waals surface area contributed by atoms with Gasteiger partial charge in [0.05, 0.1) is 23.1 Å². The SMILES string of the molecule is Cn1cc(-c2cnc3c(c2)c(-c2cc4c(-c5cccnc5)nccc4n2C(=O)OC(C)(C)C)nn3C(=O)OC(C)(C)C)cn1. The Kier molecular flexibility index (Phi) is 6.79. The average Bonchev–Trinajstić information content (AvgIpc) is 3.66. The molecule has 0 spiro atoms. The fourth-order valence-corrected chi connectivity index (χ4v) is 4.89. The third kappa shape index (κ3) is 5.41. The highest BCUT2D eigenvalue weighted by atomic mass is 16.6. The van der Waals surface area contributed by atoms with E-state index < -0.39 is 23.4 Å². The smallest absolute Gasteiger partial charge is 0.437 e. The van der Waals surface area contributed by atoms with Gasteiger partial charge in [0.2, 0.25) is 0 Å². The lowest BCUT2D eigenvalue weighted by molar-refractivity contribution is 0.0519. The first-order chi connectivity index (χ1) is 20.8. The molecule has 0 amide bonds. The molecule has 0 aromatic carbocycles. The van der Waals surface area contributed by atoms with E-state index in [1.54, 1.807) is 83.3 Å². The summed E-state index contributed by atoms with van der Waals surface area (Å²) in [6, 6.07) is 9.17. The van der Waals surface area contributed by atoms with Gasteiger partial charge in [0.25, 0.3) is 0 Å². The van der Waals surface area contributed by atoms with Crippen LogP contribution in [0.4, 0.5) is 9.59 Å². The monoisotopic (exact) mass is 592 g/mol. The van der Waals surface area contributed by atoms with E-state index in [1.165, 1.54) is 4.57 Å². The maximum absolute atomic E-state index is 13.9. The molecule has 0 atom stereocenters. The highest BCUT2D eigenvalue weighted by Crippen LogP contribution is 2.37. The van der Waals surface area contributed by atoms with Crippen LogP contribution in [0.1, 0.15) is 41.5 Å². The summed E-state index contributed by atoms with van der Waals surface area (Å²) in [4.78, 5) is 40.8. The standard InChI is InChI=1S/C32H32N8O4/c1-31(2,3)43-29(41)39-24-10-12-34-26(19-9-8-11-33-15-19)22(24)14-25(39)27-23-13-20(21-17-36-38(7)18-21)16-35-28(23)40(37-27)30(42)44-32(4,5)6/h8-18H,1-7H3. The predicted octanol–water partition coefficient (Wildman–Crippen LogP) is 6.48. The van der Waals surface area contributed by atoms with Crippen LogP contribution in [-0.4, -0.2) is 62.5 Å². The summed E-state index contributed by atoms with van der Waals surface area (Å²) in [5.74, 6) is 0. The Bertz CT molecular complexity index is 2040. The second kappa shape index (κ2) is 10.4. The van der Waals surface area contributed by atoms with E-state index >= 15 is 0 Å². The number of aryl methyl sites for hydroxylation is 1. The van der Waals surface area contributed by atoms with Crippen LogP contribution >= 0.6 is 0 Å². The Morgan fingerprint density at radius 3 is 2.18 bits per heavy atom. The molecule has 0 bridgehead atoms. The number of hydrogen-bond donors (Lipinski definition) is 0. The Hall–Kier alpha value is -5.39. The number of carbonyl (C=O) groups excluding carboxylic acids is 2. The number of nitrogens with zero attached hydrogens (tertiary/aromatic N) is 8. The summed E-state index contributed by atoms with van der Waals surface area (Å²) < 4.78 is 15.8. The van der Waals surface area contributed by atoms with E-state index in [0.29, 0.717) is 33.4 Å². The van der Waals surface area contributed by atoms with Crippen molar-refractivity contribution in [3.63, 3.8) is 0 Å². The van der Waals surface area contributed by atoms with Crippen molar-refractivity contribution in [2.24, 2.45) is 7.05 Å². The van der Waals surface area contributed by atoms with Gasteiger partial charge in [-0.1, -0.05) is 0 Å². The van der Waals surface area contributed by atoms with Crippen LogP contribution in [0.15, 0.2) is 67.5 Å². The lowest BCUT2D eigenvalue weighted by Crippen LogP contribution is -2.28. The predicted molar refractivity (Wildman–Crippen MR) is 165 cm³/mol. The molecule has 0 unspecified atom stereocenters. The Morgan fingerprint density at radius 1 is 0.773 bits per heavy atom. The fourth-order valence-electron chi connectivity index (χ4n) is 4.89. The average molecular weight is 593 g/mol. The lowest BCUT2D eigenvalue weighted by Gasteiger charge is -2.20. The molecule has 0 radical (unpaired) electrons. The number of carbonyl (C=O) groups is 2. The van der Waals surface area contributed by atoms with Gasteiger partial charge in [-0.15, -0.1) is 4.68 Å². The highest BCUT2D eigenvalue weighted by Gasteiger charge is 2.29. The first-order valence-corrected chi connectivity index (χ1v) is 14.0. The third-order valence-electron chi connectivity index (χ3n) is 6.61. The molecule has 6 aromatic heterocycles. The molecule has 0 aliphatic rings. The molecule has 0 saturated heterocycles. The number of hydrogen-bond acceptors (Lipinski definition) is 9. The van der Waals surface area contributed by atoms with Gasteiger partial charge in [-0.05, 0) is 71.9 Å². The molecule has 12 nitrogen and oxygen atoms in total. The van der Waals surface area contributed by atoms with E-state index in [9.17, 15) is 9.59 Å². The molecule has 6 heterocycles. The van der Waals surface area contributed by atoms with Gasteiger partial charge in [0.15, 0.2) is 5.65 Å². The second-order valence-corrected chi connectivity index (χ2v) is 12.4. The molecular weight excluding hydrogens is 560 g/mol. The number of ether oxygens (including phenoxy) is 2. The lowest BCUT2D eigenvalue weighted by atomic mass is 10.1. The summed E-state index contributed by atoms with van der Waals surface area (Å²) in [5, 5.41) is 10.2. The topological polar surface area (TPSA) is 132 Å². The van der Waals surface area contributed by atoms with Crippen LogP contribution in [0.2, 0.25) is 0 Å². The van der Waals surface area contributed by atoms with Crippen LogP contribution in [0.3, 0.4) is 0 Å². The zero-order valence-electron chi connectivity index (χ0n) is 25.6. The molecule has 0 aliphatic carbocycles. The third-order valence-corrected chi connectivity index (χ3v) is 6.61. The highest BCUT2D eigenvalue weighted by molar-refractivity contribution is 6.05. The van der Waals surface area contributed by atoms with Gasteiger partial charge in [-0.2, -0.15) is 10.2 Å². The van der Waals surface area contributed by atoms with Gasteiger partial charge in [0.1, 0.15) is 16.9 Å². The first kappa shape index (κ1) is 28.7. The van der Waals surface area contributed by atoms with Crippen molar-refractivity contribution in [2.75, 3.05) is 0 Å². The van der Waals surface area contributed by atoms with Crippen LogP contribution in [0, 0.1) is 0 Å². The van der Waals surface area contributed by atoms with Gasteiger partial charge >= 0.3 is 12.2 Å². The van der Waals surface area contributed by atoms with E-state index in [-0.39, 0.29) is 5.65 Å². The Labute approximate surface area is 253 Å². The number of rotatable bonds is 3. The summed E-state index contributed by atoms with van der Waals surface area (Å²) in [7, 11) is 1.83. The molecule has 0 aliphatic heterocycles. The van der Waals surface area contributed by atoms with E-state index in [1.807, 2.05) is 37.5 Å². The quantitative estimate of drug-likeness (QED) is 0.227. The number of aromatic nitrogens is 8. The van der Waals surface area contributed by atoms with Crippen LogP contribution in [0.5, 0.6) is 0 Å². The van der Waals surface area contributed by atoms with Gasteiger partial charge < -0.3 is 9.47 Å². The molecule has 0 N–H and O–H groups in total. The van der Waals surface area contributed by atoms with Gasteiger partial charge in [-0.3, -0.25) is 14.6 Å². The van der Waals surface area contributed by atoms with Crippen molar-refractivity contribution in [3.8, 4) is 33.8 Å². The minimum absolute atomic E-state index is 0.272. The largest absolute Gasteiger partial charge is 0.443 e. The molecule has 0 saturated carbocycles. The van der Waals surface area contributed by atoms with E-state index in [4.69, 9.17) is 14.6 Å². The number of pyridine rings is 3. The minimum atomic E-state index is -0.781. The van der Waals surface area contributed by atoms with Crippen LogP contribution in [0.25, 0.3) is 55.7 Å². The van der Waals surface area contributed by atoms with Crippen molar-refractivity contribution in [2.45, 2.75) is 52.7 Å². The molecule has 224 valence electrons. The zero-order chi connectivity index (χ0) is 31.4. The van der Waals surface area contributed by atoms with E-state index in [0.717, 1.165) is 21.4 Å². The van der Waals surface area contributed by atoms with Crippen molar-refractivity contribution in [1.82, 2.24) is 39.1 Å². The van der Waals surface area contributed by atoms with Crippen molar-refractivity contribution < 1.29 is 19.1 Å². The normalized spacial score (nSPS) is 12.2. The van der Waals surface area contributed by atoms with Gasteiger partial charge in [-0.25, -0.2) is 19.1 Å². The molecule has 0 fully saturated rings. The number of fused-ring (bicyclic) bond motifs is 2. The zero-order valence-corrected chi connectivity index (χ0v) is 25.6. The molecular formula is C32H32N8O4.